The highest BCUT2D eigenvalue weighted by molar-refractivity contribution is 5.10. The molecule has 0 radical (unpaired) electrons. The molecule has 3 rings (SSSR count). The molecule has 0 aromatic rings. The predicted octanol–water partition coefficient (Wildman–Crippen LogP) is 1.29. The summed E-state index contributed by atoms with van der Waals surface area (Å²) in [7, 11) is 0. The van der Waals surface area contributed by atoms with E-state index in [9.17, 15) is 0 Å². The third-order valence-electron chi connectivity index (χ3n) is 3.48. The zero-order valence-corrected chi connectivity index (χ0v) is 7.90. The molecule has 3 heteroatoms. The van der Waals surface area contributed by atoms with Crippen LogP contribution in [0, 0.1) is 11.8 Å². The molecule has 0 saturated carbocycles. The zero-order chi connectivity index (χ0) is 9.16. The van der Waals surface area contributed by atoms with Crippen LogP contribution in [0.25, 0.3) is 0 Å². The van der Waals surface area contributed by atoms with Crippen LogP contribution in [0.15, 0.2) is 12.3 Å². The smallest absolute Gasteiger partial charge is 0.226 e. The lowest BCUT2D eigenvalue weighted by atomic mass is 9.83. The number of ether oxygens (including phenoxy) is 3. The van der Waals surface area contributed by atoms with E-state index >= 15 is 0 Å². The number of fused-ring (bicyclic) bond motifs is 2. The predicted molar refractivity (Wildman–Crippen MR) is 45.9 cm³/mol. The molecular weight excluding hydrogens is 168 g/mol. The Labute approximate surface area is 77.7 Å². The van der Waals surface area contributed by atoms with Crippen LogP contribution in [-0.2, 0) is 14.2 Å². The van der Waals surface area contributed by atoms with Crippen LogP contribution in [0.4, 0.5) is 0 Å². The van der Waals surface area contributed by atoms with Crippen molar-refractivity contribution < 1.29 is 14.2 Å². The molecule has 0 aromatic carbocycles. The number of rotatable bonds is 0. The van der Waals surface area contributed by atoms with E-state index in [0.29, 0.717) is 11.8 Å². The van der Waals surface area contributed by atoms with E-state index in [-0.39, 0.29) is 24.6 Å². The van der Waals surface area contributed by atoms with Gasteiger partial charge in [-0.05, 0) is 0 Å². The van der Waals surface area contributed by atoms with Crippen LogP contribution in [0.5, 0.6) is 0 Å². The van der Waals surface area contributed by atoms with Crippen LogP contribution in [-0.4, -0.2) is 24.6 Å². The second-order valence-corrected chi connectivity index (χ2v) is 4.29. The van der Waals surface area contributed by atoms with Gasteiger partial charge in [0.25, 0.3) is 0 Å². The molecule has 0 aromatic heterocycles. The van der Waals surface area contributed by atoms with Crippen molar-refractivity contribution in [3.05, 3.63) is 12.3 Å². The molecule has 3 aliphatic heterocycles. The molecule has 3 heterocycles. The van der Waals surface area contributed by atoms with Crippen molar-refractivity contribution in [2.75, 3.05) is 0 Å². The molecule has 3 bridgehead atoms. The van der Waals surface area contributed by atoms with Gasteiger partial charge < -0.3 is 14.2 Å². The molecule has 3 unspecified atom stereocenters. The first-order valence-corrected chi connectivity index (χ1v) is 4.85. The van der Waals surface area contributed by atoms with Crippen molar-refractivity contribution in [3.8, 4) is 0 Å². The van der Waals surface area contributed by atoms with Crippen molar-refractivity contribution >= 4 is 0 Å². The van der Waals surface area contributed by atoms with Crippen molar-refractivity contribution in [3.63, 3.8) is 0 Å². The number of hydrogen-bond acceptors (Lipinski definition) is 3. The monoisotopic (exact) mass is 182 g/mol. The maximum absolute atomic E-state index is 5.86. The Kier molecular flexibility index (Phi) is 1.37. The topological polar surface area (TPSA) is 27.7 Å². The summed E-state index contributed by atoms with van der Waals surface area (Å²) in [4.78, 5) is 0. The molecule has 3 nitrogen and oxygen atoms in total. The SMILES string of the molecule is C=C1OC2OC3C(C)[C@@H]2O[C@@H]1[C@H]3C. The van der Waals surface area contributed by atoms with Crippen molar-refractivity contribution in [1.29, 1.82) is 0 Å². The fraction of sp³-hybridized carbons (Fsp3) is 0.800. The first kappa shape index (κ1) is 7.83. The van der Waals surface area contributed by atoms with Gasteiger partial charge in [-0.2, -0.15) is 0 Å². The second-order valence-electron chi connectivity index (χ2n) is 4.29. The Bertz CT molecular complexity index is 263. The van der Waals surface area contributed by atoms with E-state index in [0.717, 1.165) is 5.76 Å². The molecular formula is C10H14O3. The van der Waals surface area contributed by atoms with E-state index in [2.05, 4.69) is 20.4 Å². The summed E-state index contributed by atoms with van der Waals surface area (Å²) in [6, 6.07) is 0. The summed E-state index contributed by atoms with van der Waals surface area (Å²) in [6.45, 7) is 8.17. The standard InChI is InChI=1S/C10H14O3/c1-4-7-5(2)9-10(13-7)11-6(3)8(4)12-9/h4-5,7-10H,3H2,1-2H3/t4-,5?,7?,8+,9-,10?/m0/s1. The quantitative estimate of drug-likeness (QED) is 0.565. The Morgan fingerprint density at radius 2 is 1.85 bits per heavy atom. The van der Waals surface area contributed by atoms with Gasteiger partial charge in [-0.25, -0.2) is 0 Å². The Hall–Kier alpha value is -0.540. The fourth-order valence-electron chi connectivity index (χ4n) is 2.73. The van der Waals surface area contributed by atoms with Gasteiger partial charge in [0.05, 0.1) is 6.10 Å². The summed E-state index contributed by atoms with van der Waals surface area (Å²) in [6.07, 6.45) is 0.253. The average Bonchev–Trinajstić information content (AvgIpc) is 2.25. The van der Waals surface area contributed by atoms with E-state index in [1.54, 1.807) is 0 Å². The highest BCUT2D eigenvalue weighted by Gasteiger charge is 2.57. The van der Waals surface area contributed by atoms with Gasteiger partial charge in [-0.3, -0.25) is 0 Å². The van der Waals surface area contributed by atoms with Crippen molar-refractivity contribution in [1.82, 2.24) is 0 Å². The molecule has 0 amide bonds. The minimum Gasteiger partial charge on any atom is -0.464 e. The highest BCUT2D eigenvalue weighted by atomic mass is 16.7. The van der Waals surface area contributed by atoms with E-state index < -0.39 is 0 Å². The lowest BCUT2D eigenvalue weighted by molar-refractivity contribution is -0.194. The maximum Gasteiger partial charge on any atom is 0.226 e. The number of hydrogen-bond donors (Lipinski definition) is 0. The molecule has 6 atom stereocenters. The summed E-state index contributed by atoms with van der Waals surface area (Å²) >= 11 is 0. The lowest BCUT2D eigenvalue weighted by Gasteiger charge is -2.40. The van der Waals surface area contributed by atoms with Crippen LogP contribution in [0.1, 0.15) is 13.8 Å². The Morgan fingerprint density at radius 3 is 2.62 bits per heavy atom. The molecule has 13 heavy (non-hydrogen) atoms. The van der Waals surface area contributed by atoms with Crippen LogP contribution in [0.3, 0.4) is 0 Å². The molecule has 0 aliphatic carbocycles. The first-order chi connectivity index (χ1) is 6.18. The lowest BCUT2D eigenvalue weighted by Crippen LogP contribution is -2.49. The van der Waals surface area contributed by atoms with Crippen LogP contribution < -0.4 is 0 Å². The van der Waals surface area contributed by atoms with Crippen molar-refractivity contribution in [2.24, 2.45) is 11.8 Å². The van der Waals surface area contributed by atoms with Crippen LogP contribution >= 0.6 is 0 Å². The third-order valence-corrected chi connectivity index (χ3v) is 3.48. The summed E-state index contributed by atoms with van der Waals surface area (Å²) in [5, 5.41) is 0. The average molecular weight is 182 g/mol. The summed E-state index contributed by atoms with van der Waals surface area (Å²) in [5.74, 6) is 1.55. The van der Waals surface area contributed by atoms with E-state index in [1.807, 2.05) is 0 Å². The maximum atomic E-state index is 5.86. The molecule has 3 saturated heterocycles. The van der Waals surface area contributed by atoms with Gasteiger partial charge >= 0.3 is 0 Å². The van der Waals surface area contributed by atoms with Gasteiger partial charge in [-0.15, -0.1) is 0 Å². The van der Waals surface area contributed by atoms with E-state index in [1.165, 1.54) is 0 Å². The minimum atomic E-state index is -0.200. The van der Waals surface area contributed by atoms with Gasteiger partial charge in [0, 0.05) is 11.8 Å². The van der Waals surface area contributed by atoms with Crippen molar-refractivity contribution in [2.45, 2.75) is 38.4 Å². The Balaban J connectivity index is 2.02. The minimum absolute atomic E-state index is 0.0462. The summed E-state index contributed by atoms with van der Waals surface area (Å²) < 4.78 is 17.2. The molecule has 0 N–H and O–H groups in total. The van der Waals surface area contributed by atoms with Gasteiger partial charge in [-0.1, -0.05) is 20.4 Å². The van der Waals surface area contributed by atoms with Gasteiger partial charge in [0.2, 0.25) is 6.29 Å². The largest absolute Gasteiger partial charge is 0.464 e. The Morgan fingerprint density at radius 1 is 1.08 bits per heavy atom. The molecule has 3 aliphatic rings. The van der Waals surface area contributed by atoms with Gasteiger partial charge in [0.1, 0.15) is 18.0 Å². The second kappa shape index (κ2) is 2.28. The molecule has 72 valence electrons. The van der Waals surface area contributed by atoms with Gasteiger partial charge in [0.15, 0.2) is 0 Å². The first-order valence-electron chi connectivity index (χ1n) is 4.85. The fourth-order valence-corrected chi connectivity index (χ4v) is 2.73. The third kappa shape index (κ3) is 0.816. The van der Waals surface area contributed by atoms with Crippen LogP contribution in [0.2, 0.25) is 0 Å². The normalized spacial score (nSPS) is 58.2. The highest BCUT2D eigenvalue weighted by Crippen LogP contribution is 2.47. The summed E-state index contributed by atoms with van der Waals surface area (Å²) in [5.41, 5.74) is 0. The van der Waals surface area contributed by atoms with E-state index in [4.69, 9.17) is 14.2 Å². The molecule has 0 spiro atoms. The zero-order valence-electron chi connectivity index (χ0n) is 7.90. The molecule has 3 fully saturated rings.